The van der Waals surface area contributed by atoms with E-state index >= 15 is 0 Å². The van der Waals surface area contributed by atoms with Gasteiger partial charge in [0.05, 0.1) is 0 Å². The first-order valence-electron chi connectivity index (χ1n) is 3.74. The highest BCUT2D eigenvalue weighted by atomic mass is 16.2. The van der Waals surface area contributed by atoms with Gasteiger partial charge in [-0.05, 0) is 6.92 Å². The van der Waals surface area contributed by atoms with Crippen molar-refractivity contribution in [3.63, 3.8) is 0 Å². The second-order valence-electron chi connectivity index (χ2n) is 3.00. The summed E-state index contributed by atoms with van der Waals surface area (Å²) < 4.78 is 0. The summed E-state index contributed by atoms with van der Waals surface area (Å²) in [6.07, 6.45) is 1.72. The summed E-state index contributed by atoms with van der Waals surface area (Å²) in [5.41, 5.74) is 0.500. The number of nitrogens with zero attached hydrogens (tertiary/aromatic N) is 3. The monoisotopic (exact) mass is 167 g/mol. The molecule has 1 aliphatic heterocycles. The quantitative estimate of drug-likeness (QED) is 0.526. The summed E-state index contributed by atoms with van der Waals surface area (Å²) in [5.74, 6) is 0.703. The Kier molecular flexibility index (Phi) is 2.17. The molecule has 1 amide bonds. The van der Waals surface area contributed by atoms with Crippen LogP contribution in [0.5, 0.6) is 0 Å². The Balaban J connectivity index is 2.91. The number of amides is 1. The van der Waals surface area contributed by atoms with E-state index in [2.05, 4.69) is 4.99 Å². The van der Waals surface area contributed by atoms with E-state index in [1.54, 1.807) is 13.2 Å². The van der Waals surface area contributed by atoms with Crippen molar-refractivity contribution in [3.05, 3.63) is 11.9 Å². The molecule has 12 heavy (non-hydrogen) atoms. The minimum absolute atomic E-state index is 0.0406. The van der Waals surface area contributed by atoms with E-state index < -0.39 is 0 Å². The fourth-order valence-corrected chi connectivity index (χ4v) is 0.945. The molecule has 0 radical (unpaired) electrons. The van der Waals surface area contributed by atoms with Crippen LogP contribution in [-0.4, -0.2) is 42.7 Å². The highest BCUT2D eigenvalue weighted by Gasteiger charge is 2.23. The Labute approximate surface area is 72.2 Å². The lowest BCUT2D eigenvalue weighted by Gasteiger charge is -2.07. The van der Waals surface area contributed by atoms with Gasteiger partial charge in [-0.2, -0.15) is 0 Å². The number of hydrogen-bond donors (Lipinski definition) is 0. The standard InChI is InChI=1S/C8H13N3O/c1-6-9-7(5-10(2)3)8(12)11(6)4/h5H,1-4H3/b7-5-. The minimum atomic E-state index is -0.0406. The van der Waals surface area contributed by atoms with Gasteiger partial charge in [-0.15, -0.1) is 0 Å². The summed E-state index contributed by atoms with van der Waals surface area (Å²) >= 11 is 0. The molecular weight excluding hydrogens is 154 g/mol. The third-order valence-electron chi connectivity index (χ3n) is 1.67. The van der Waals surface area contributed by atoms with Gasteiger partial charge in [-0.3, -0.25) is 9.69 Å². The first-order valence-corrected chi connectivity index (χ1v) is 3.74. The first-order chi connectivity index (χ1) is 5.52. The molecule has 0 atom stereocenters. The van der Waals surface area contributed by atoms with Crippen molar-refractivity contribution in [2.45, 2.75) is 6.92 Å². The summed E-state index contributed by atoms with van der Waals surface area (Å²) in [7, 11) is 5.45. The third kappa shape index (κ3) is 1.47. The van der Waals surface area contributed by atoms with E-state index in [1.807, 2.05) is 25.9 Å². The van der Waals surface area contributed by atoms with E-state index in [-0.39, 0.29) is 5.91 Å². The zero-order chi connectivity index (χ0) is 9.30. The van der Waals surface area contributed by atoms with Crippen molar-refractivity contribution >= 4 is 11.7 Å². The highest BCUT2D eigenvalue weighted by Crippen LogP contribution is 2.12. The third-order valence-corrected chi connectivity index (χ3v) is 1.67. The molecule has 0 aliphatic carbocycles. The molecular formula is C8H13N3O. The van der Waals surface area contributed by atoms with E-state index in [1.165, 1.54) is 4.90 Å². The van der Waals surface area contributed by atoms with Crippen LogP contribution >= 0.6 is 0 Å². The van der Waals surface area contributed by atoms with Gasteiger partial charge in [-0.25, -0.2) is 4.99 Å². The van der Waals surface area contributed by atoms with Gasteiger partial charge in [0.25, 0.3) is 5.91 Å². The Morgan fingerprint density at radius 3 is 2.42 bits per heavy atom. The zero-order valence-corrected chi connectivity index (χ0v) is 7.83. The second kappa shape index (κ2) is 2.97. The van der Waals surface area contributed by atoms with Crippen LogP contribution < -0.4 is 0 Å². The number of aliphatic imine (C=N–C) groups is 1. The van der Waals surface area contributed by atoms with Gasteiger partial charge in [0.15, 0.2) is 0 Å². The van der Waals surface area contributed by atoms with Gasteiger partial charge >= 0.3 is 0 Å². The van der Waals surface area contributed by atoms with Gasteiger partial charge in [0.2, 0.25) is 0 Å². The Hall–Kier alpha value is -1.32. The molecule has 1 rings (SSSR count). The largest absolute Gasteiger partial charge is 0.382 e. The normalized spacial score (nSPS) is 20.3. The van der Waals surface area contributed by atoms with E-state index in [0.29, 0.717) is 5.70 Å². The zero-order valence-electron chi connectivity index (χ0n) is 7.83. The summed E-state index contributed by atoms with van der Waals surface area (Å²) in [6, 6.07) is 0. The molecule has 0 aromatic heterocycles. The number of hydrogen-bond acceptors (Lipinski definition) is 3. The Morgan fingerprint density at radius 1 is 1.50 bits per heavy atom. The lowest BCUT2D eigenvalue weighted by atomic mass is 10.4. The topological polar surface area (TPSA) is 35.9 Å². The number of carbonyl (C=O) groups is 1. The predicted molar refractivity (Wildman–Crippen MR) is 47.6 cm³/mol. The lowest BCUT2D eigenvalue weighted by Crippen LogP contribution is -2.25. The van der Waals surface area contributed by atoms with Crippen molar-refractivity contribution in [1.29, 1.82) is 0 Å². The molecule has 0 saturated carbocycles. The molecule has 0 N–H and O–H groups in total. The van der Waals surface area contributed by atoms with Crippen molar-refractivity contribution in [3.8, 4) is 0 Å². The van der Waals surface area contributed by atoms with Gasteiger partial charge in [0.1, 0.15) is 11.5 Å². The average molecular weight is 167 g/mol. The maximum Gasteiger partial charge on any atom is 0.279 e. The summed E-state index contributed by atoms with van der Waals surface area (Å²) in [4.78, 5) is 18.8. The number of carbonyl (C=O) groups excluding carboxylic acids is 1. The molecule has 0 saturated heterocycles. The maximum atomic E-state index is 11.4. The fraction of sp³-hybridized carbons (Fsp3) is 0.500. The van der Waals surface area contributed by atoms with Crippen molar-refractivity contribution < 1.29 is 4.79 Å². The van der Waals surface area contributed by atoms with Crippen LogP contribution in [0.25, 0.3) is 0 Å². The number of rotatable bonds is 1. The number of amidine groups is 1. The average Bonchev–Trinajstić information content (AvgIpc) is 2.17. The highest BCUT2D eigenvalue weighted by molar-refractivity contribution is 6.11. The molecule has 0 unspecified atom stereocenters. The van der Waals surface area contributed by atoms with Crippen molar-refractivity contribution in [2.24, 2.45) is 4.99 Å². The molecule has 4 nitrogen and oxygen atoms in total. The summed E-state index contributed by atoms with van der Waals surface area (Å²) in [6.45, 7) is 1.81. The van der Waals surface area contributed by atoms with Crippen LogP contribution in [0.15, 0.2) is 16.9 Å². The van der Waals surface area contributed by atoms with E-state index in [9.17, 15) is 4.79 Å². The van der Waals surface area contributed by atoms with Crippen LogP contribution in [0.1, 0.15) is 6.92 Å². The number of likely N-dealkylation sites (N-methyl/N-ethyl adjacent to an activating group) is 1. The molecule has 1 aliphatic rings. The Bertz CT molecular complexity index is 265. The van der Waals surface area contributed by atoms with Crippen molar-refractivity contribution in [1.82, 2.24) is 9.80 Å². The molecule has 0 fully saturated rings. The first kappa shape index (κ1) is 8.77. The minimum Gasteiger partial charge on any atom is -0.382 e. The SMILES string of the molecule is CC1=N/C(=C\N(C)C)C(=O)N1C. The van der Waals surface area contributed by atoms with Crippen molar-refractivity contribution in [2.75, 3.05) is 21.1 Å². The Morgan fingerprint density at radius 2 is 2.08 bits per heavy atom. The van der Waals surface area contributed by atoms with E-state index in [4.69, 9.17) is 0 Å². The molecule has 0 spiro atoms. The molecule has 1 heterocycles. The predicted octanol–water partition coefficient (Wildman–Crippen LogP) is 0.280. The van der Waals surface area contributed by atoms with Crippen LogP contribution in [0.2, 0.25) is 0 Å². The smallest absolute Gasteiger partial charge is 0.279 e. The van der Waals surface area contributed by atoms with Gasteiger partial charge in [-0.1, -0.05) is 0 Å². The lowest BCUT2D eigenvalue weighted by molar-refractivity contribution is -0.121. The molecule has 0 bridgehead atoms. The maximum absolute atomic E-state index is 11.4. The molecule has 66 valence electrons. The summed E-state index contributed by atoms with van der Waals surface area (Å²) in [5, 5.41) is 0. The van der Waals surface area contributed by atoms with Crippen LogP contribution in [0, 0.1) is 0 Å². The van der Waals surface area contributed by atoms with Crippen LogP contribution in [0.3, 0.4) is 0 Å². The molecule has 0 aromatic rings. The molecule has 0 aromatic carbocycles. The van der Waals surface area contributed by atoms with Gasteiger partial charge < -0.3 is 4.90 Å². The second-order valence-corrected chi connectivity index (χ2v) is 3.00. The van der Waals surface area contributed by atoms with E-state index in [0.717, 1.165) is 5.84 Å². The van der Waals surface area contributed by atoms with Gasteiger partial charge in [0, 0.05) is 27.3 Å². The van der Waals surface area contributed by atoms with Crippen LogP contribution in [-0.2, 0) is 4.79 Å². The molecule has 4 heteroatoms. The fourth-order valence-electron chi connectivity index (χ4n) is 0.945. The van der Waals surface area contributed by atoms with Crippen LogP contribution in [0.4, 0.5) is 0 Å².